The molecule has 2 unspecified atom stereocenters. The summed E-state index contributed by atoms with van der Waals surface area (Å²) in [5.41, 5.74) is 6.48. The zero-order chi connectivity index (χ0) is 26.9. The number of carboxylic acid groups (broad SMARTS) is 1. The lowest BCUT2D eigenvalue weighted by atomic mass is 9.82. The molecule has 0 saturated heterocycles. The number of allylic oxidation sites excluding steroid dienone is 1. The van der Waals surface area contributed by atoms with Gasteiger partial charge < -0.3 is 10.4 Å². The van der Waals surface area contributed by atoms with Crippen LogP contribution < -0.4 is 31.4 Å². The standard InChI is InChI=1S/C31H41N3O2Si/c1-18(2)37(11-9-10-29(35)36)27-14-23-21(19(3)16-30(5,6)33-23)12-25(27)32-26-13-22-20(4)17-31(7,8)34-24(22)15-28(26)37/h12-16,18,20,34H,9-11,17H2,1-8H3,(H,35,36)/p+1. The summed E-state index contributed by atoms with van der Waals surface area (Å²) in [5.74, 6) is -0.262. The minimum atomic E-state index is -2.38. The van der Waals surface area contributed by atoms with Gasteiger partial charge in [-0.25, -0.2) is 9.98 Å². The molecular formula is C31H42N3O2Si+. The molecule has 3 aliphatic heterocycles. The molecule has 3 aliphatic rings. The van der Waals surface area contributed by atoms with Crippen LogP contribution in [0.5, 0.6) is 0 Å². The first-order chi connectivity index (χ1) is 17.2. The fourth-order valence-electron chi connectivity index (χ4n) is 7.30. The summed E-state index contributed by atoms with van der Waals surface area (Å²) in [6.45, 7) is 18.2. The Morgan fingerprint density at radius 3 is 2.59 bits per heavy atom. The number of nitrogens with one attached hydrogen (secondary N) is 2. The average Bonchev–Trinajstić information content (AvgIpc) is 2.75. The summed E-state index contributed by atoms with van der Waals surface area (Å²) in [6.07, 6.45) is 4.26. The second-order valence-electron chi connectivity index (χ2n) is 13.1. The molecule has 0 aromatic heterocycles. The number of fused-ring (bicyclic) bond motifs is 4. The second-order valence-corrected chi connectivity index (χ2v) is 17.8. The van der Waals surface area contributed by atoms with Crippen LogP contribution in [0.15, 0.2) is 35.3 Å². The van der Waals surface area contributed by atoms with Crippen molar-refractivity contribution in [1.82, 2.24) is 0 Å². The van der Waals surface area contributed by atoms with Gasteiger partial charge in [0.15, 0.2) is 5.54 Å². The van der Waals surface area contributed by atoms with E-state index in [4.69, 9.17) is 4.99 Å². The molecule has 2 atom stereocenters. The van der Waals surface area contributed by atoms with Crippen LogP contribution in [0.25, 0.3) is 5.57 Å². The number of benzene rings is 2. The lowest BCUT2D eigenvalue weighted by Crippen LogP contribution is -2.89. The average molecular weight is 517 g/mol. The number of aliphatic carboxylic acids is 1. The molecule has 0 radical (unpaired) electrons. The number of carbonyl (C=O) groups is 1. The molecule has 2 aromatic carbocycles. The van der Waals surface area contributed by atoms with Crippen LogP contribution in [0.4, 0.5) is 11.4 Å². The first-order valence-electron chi connectivity index (χ1n) is 13.8. The fraction of sp³-hybridized carbons (Fsp3) is 0.516. The molecule has 5 nitrogen and oxygen atoms in total. The molecule has 0 aliphatic carbocycles. The molecule has 3 N–H and O–H groups in total. The maximum absolute atomic E-state index is 11.6. The number of carboxylic acids is 1. The number of hydrogen-bond acceptors (Lipinski definition) is 3. The molecule has 37 heavy (non-hydrogen) atoms. The van der Waals surface area contributed by atoms with Crippen molar-refractivity contribution in [1.29, 1.82) is 0 Å². The maximum atomic E-state index is 11.6. The summed E-state index contributed by atoms with van der Waals surface area (Å²) in [5, 5.41) is 18.3. The normalized spacial score (nSPS) is 24.4. The predicted octanol–water partition coefficient (Wildman–Crippen LogP) is 3.38. The molecule has 0 saturated carbocycles. The van der Waals surface area contributed by atoms with Crippen LogP contribution in [-0.4, -0.2) is 30.2 Å². The summed E-state index contributed by atoms with van der Waals surface area (Å²) in [7, 11) is -2.38. The van der Waals surface area contributed by atoms with Crippen molar-refractivity contribution in [3.63, 3.8) is 0 Å². The molecule has 0 amide bonds. The van der Waals surface area contributed by atoms with Crippen molar-refractivity contribution < 1.29 is 14.9 Å². The Hall–Kier alpha value is -2.73. The van der Waals surface area contributed by atoms with Crippen molar-refractivity contribution >= 4 is 41.4 Å². The lowest BCUT2D eigenvalue weighted by molar-refractivity contribution is -0.568. The number of nitrogens with zero attached hydrogens (tertiary/aromatic N) is 1. The highest BCUT2D eigenvalue weighted by Gasteiger charge is 2.46. The third-order valence-corrected chi connectivity index (χ3v) is 14.6. The van der Waals surface area contributed by atoms with E-state index < -0.39 is 14.0 Å². The Morgan fingerprint density at radius 2 is 1.92 bits per heavy atom. The molecule has 3 heterocycles. The van der Waals surface area contributed by atoms with Crippen molar-refractivity contribution in [3.05, 3.63) is 52.2 Å². The van der Waals surface area contributed by atoms with E-state index in [1.54, 1.807) is 0 Å². The summed E-state index contributed by atoms with van der Waals surface area (Å²) < 4.78 is 0. The van der Waals surface area contributed by atoms with E-state index in [-0.39, 0.29) is 17.5 Å². The van der Waals surface area contributed by atoms with Gasteiger partial charge in [-0.2, -0.15) is 0 Å². The van der Waals surface area contributed by atoms with E-state index in [2.05, 4.69) is 96.0 Å². The van der Waals surface area contributed by atoms with Gasteiger partial charge >= 0.3 is 5.97 Å². The molecule has 6 heteroatoms. The van der Waals surface area contributed by atoms with Crippen LogP contribution >= 0.6 is 0 Å². The smallest absolute Gasteiger partial charge is 0.303 e. The first-order valence-corrected chi connectivity index (χ1v) is 16.1. The van der Waals surface area contributed by atoms with E-state index in [1.807, 2.05) is 0 Å². The predicted molar refractivity (Wildman–Crippen MR) is 154 cm³/mol. The summed E-state index contributed by atoms with van der Waals surface area (Å²) in [6, 6.07) is 10.3. The molecule has 0 spiro atoms. The van der Waals surface area contributed by atoms with Crippen molar-refractivity contribution in [2.45, 2.75) is 103 Å². The second kappa shape index (κ2) is 8.65. The molecule has 0 fully saturated rings. The van der Waals surface area contributed by atoms with Gasteiger partial charge in [-0.3, -0.25) is 4.79 Å². The molecule has 2 aromatic rings. The Morgan fingerprint density at radius 1 is 1.19 bits per heavy atom. The van der Waals surface area contributed by atoms with Gasteiger partial charge in [-0.05, 0) is 96.9 Å². The highest BCUT2D eigenvalue weighted by Crippen LogP contribution is 2.42. The molecular weight excluding hydrogens is 474 g/mol. The quantitative estimate of drug-likeness (QED) is 0.534. The van der Waals surface area contributed by atoms with Crippen molar-refractivity contribution in [2.75, 3.05) is 5.32 Å². The third kappa shape index (κ3) is 4.37. The minimum Gasteiger partial charge on any atom is -0.481 e. The van der Waals surface area contributed by atoms with Gasteiger partial charge in [0.05, 0.1) is 16.6 Å². The van der Waals surface area contributed by atoms with E-state index >= 15 is 0 Å². The maximum Gasteiger partial charge on any atom is 0.303 e. The van der Waals surface area contributed by atoms with Crippen LogP contribution in [0, 0.1) is 0 Å². The highest BCUT2D eigenvalue weighted by atomic mass is 28.3. The zero-order valence-electron chi connectivity index (χ0n) is 23.7. The molecule has 5 rings (SSSR count). The number of anilines is 1. The number of hydrogen-bond donors (Lipinski definition) is 3. The third-order valence-electron chi connectivity index (χ3n) is 8.73. The van der Waals surface area contributed by atoms with Crippen LogP contribution in [-0.2, 0) is 4.79 Å². The fourth-order valence-corrected chi connectivity index (χ4v) is 12.7. The first kappa shape index (κ1) is 25.9. The van der Waals surface area contributed by atoms with Gasteiger partial charge in [0.1, 0.15) is 8.07 Å². The molecule has 196 valence electrons. The Kier molecular flexibility index (Phi) is 6.06. The largest absolute Gasteiger partial charge is 0.481 e. The van der Waals surface area contributed by atoms with Gasteiger partial charge in [0.2, 0.25) is 5.36 Å². The summed E-state index contributed by atoms with van der Waals surface area (Å²) >= 11 is 0. The van der Waals surface area contributed by atoms with E-state index in [9.17, 15) is 9.90 Å². The number of rotatable bonds is 5. The summed E-state index contributed by atoms with van der Waals surface area (Å²) in [4.78, 5) is 20.7. The lowest BCUT2D eigenvalue weighted by Gasteiger charge is -2.43. The van der Waals surface area contributed by atoms with Gasteiger partial charge in [0.25, 0.3) is 0 Å². The SMILES string of the molecule is CC1=CC(C)(C)[NH+]=c2cc3c(cc21)=Nc1cc2c(cc1[Si]3(CCCC(=O)O)C(C)C)NC(C)(C)CC2C. The van der Waals surface area contributed by atoms with Crippen LogP contribution in [0.1, 0.15) is 91.7 Å². The Bertz CT molecular complexity index is 1450. The highest BCUT2D eigenvalue weighted by molar-refractivity contribution is 7.04. The zero-order valence-corrected chi connectivity index (χ0v) is 24.7. The van der Waals surface area contributed by atoms with E-state index in [1.165, 1.54) is 38.1 Å². The van der Waals surface area contributed by atoms with Crippen molar-refractivity contribution in [3.8, 4) is 0 Å². The molecule has 0 bridgehead atoms. The Balaban J connectivity index is 1.83. The van der Waals surface area contributed by atoms with Gasteiger partial charge in [-0.1, -0.05) is 20.8 Å². The van der Waals surface area contributed by atoms with Crippen LogP contribution in [0.2, 0.25) is 11.6 Å². The van der Waals surface area contributed by atoms with E-state index in [0.29, 0.717) is 17.9 Å². The van der Waals surface area contributed by atoms with Gasteiger partial charge in [-0.15, -0.1) is 0 Å². The topological polar surface area (TPSA) is 75.7 Å². The van der Waals surface area contributed by atoms with Gasteiger partial charge in [0, 0.05) is 37.6 Å². The monoisotopic (exact) mass is 516 g/mol. The van der Waals surface area contributed by atoms with Crippen molar-refractivity contribution in [2.24, 2.45) is 4.99 Å². The van der Waals surface area contributed by atoms with E-state index in [0.717, 1.165) is 23.5 Å². The van der Waals surface area contributed by atoms with Crippen LogP contribution in [0.3, 0.4) is 0 Å². The Labute approximate surface area is 221 Å². The minimum absolute atomic E-state index is 0.0359.